The Balaban J connectivity index is 2.17. The van der Waals surface area contributed by atoms with E-state index in [4.69, 9.17) is 0 Å². The Hall–Kier alpha value is -1.94. The summed E-state index contributed by atoms with van der Waals surface area (Å²) >= 11 is 0. The molecule has 0 aliphatic rings. The van der Waals surface area contributed by atoms with Crippen LogP contribution in [-0.4, -0.2) is 10.5 Å². The average Bonchev–Trinajstić information content (AvgIpc) is 2.39. The standard InChI is InChI=1S/C17H22FN3/c1-12-6-5-7-14(10-12)21-16-15(18)13(8-9-19-16)11-20-17(2,3)4/h5-10,20H,11H2,1-4H3,(H,19,21). The van der Waals surface area contributed by atoms with E-state index in [2.05, 4.69) is 36.4 Å². The second kappa shape index (κ2) is 6.22. The first-order chi connectivity index (χ1) is 9.85. The lowest BCUT2D eigenvalue weighted by atomic mass is 10.1. The van der Waals surface area contributed by atoms with Gasteiger partial charge in [-0.05, 0) is 51.5 Å². The first-order valence-corrected chi connectivity index (χ1v) is 7.07. The molecule has 0 fully saturated rings. The van der Waals surface area contributed by atoms with Crippen LogP contribution in [-0.2, 0) is 6.54 Å². The van der Waals surface area contributed by atoms with Crippen molar-refractivity contribution in [2.45, 2.75) is 39.8 Å². The molecule has 1 aromatic heterocycles. The van der Waals surface area contributed by atoms with E-state index in [1.54, 1.807) is 12.3 Å². The summed E-state index contributed by atoms with van der Waals surface area (Å²) in [7, 11) is 0. The van der Waals surface area contributed by atoms with Gasteiger partial charge in [0.05, 0.1) is 0 Å². The number of nitrogens with zero attached hydrogens (tertiary/aromatic N) is 1. The molecular formula is C17H22FN3. The zero-order valence-electron chi connectivity index (χ0n) is 13.0. The van der Waals surface area contributed by atoms with E-state index in [9.17, 15) is 4.39 Å². The van der Waals surface area contributed by atoms with Gasteiger partial charge in [-0.2, -0.15) is 0 Å². The Morgan fingerprint density at radius 3 is 2.62 bits per heavy atom. The van der Waals surface area contributed by atoms with E-state index in [0.29, 0.717) is 12.1 Å². The highest BCUT2D eigenvalue weighted by Gasteiger charge is 2.13. The number of benzene rings is 1. The Morgan fingerprint density at radius 2 is 1.95 bits per heavy atom. The van der Waals surface area contributed by atoms with Crippen molar-refractivity contribution in [3.05, 3.63) is 53.5 Å². The Labute approximate surface area is 125 Å². The number of nitrogens with one attached hydrogen (secondary N) is 2. The van der Waals surface area contributed by atoms with E-state index < -0.39 is 0 Å². The zero-order chi connectivity index (χ0) is 15.5. The molecule has 1 aromatic carbocycles. The number of hydrogen-bond donors (Lipinski definition) is 2. The molecule has 0 radical (unpaired) electrons. The van der Waals surface area contributed by atoms with Crippen molar-refractivity contribution >= 4 is 11.5 Å². The van der Waals surface area contributed by atoms with Gasteiger partial charge in [-0.25, -0.2) is 9.37 Å². The SMILES string of the molecule is Cc1cccc(Nc2nccc(CNC(C)(C)C)c2F)c1. The molecule has 0 aliphatic carbocycles. The molecule has 21 heavy (non-hydrogen) atoms. The average molecular weight is 287 g/mol. The van der Waals surface area contributed by atoms with Crippen LogP contribution in [0.15, 0.2) is 36.5 Å². The van der Waals surface area contributed by atoms with E-state index in [1.807, 2.05) is 31.2 Å². The lowest BCUT2D eigenvalue weighted by molar-refractivity contribution is 0.418. The van der Waals surface area contributed by atoms with E-state index in [1.165, 1.54) is 0 Å². The maximum absolute atomic E-state index is 14.5. The molecule has 0 saturated heterocycles. The van der Waals surface area contributed by atoms with Crippen molar-refractivity contribution in [1.29, 1.82) is 0 Å². The van der Waals surface area contributed by atoms with Crippen molar-refractivity contribution in [1.82, 2.24) is 10.3 Å². The van der Waals surface area contributed by atoms with Crippen LogP contribution in [0.1, 0.15) is 31.9 Å². The molecule has 0 bridgehead atoms. The zero-order valence-corrected chi connectivity index (χ0v) is 13.0. The Kier molecular flexibility index (Phi) is 4.58. The summed E-state index contributed by atoms with van der Waals surface area (Å²) in [4.78, 5) is 4.09. The van der Waals surface area contributed by atoms with Crippen LogP contribution in [0.4, 0.5) is 15.9 Å². The molecule has 0 aliphatic heterocycles. The molecule has 2 rings (SSSR count). The van der Waals surface area contributed by atoms with Gasteiger partial charge in [-0.15, -0.1) is 0 Å². The molecule has 0 spiro atoms. The minimum atomic E-state index is -0.309. The summed E-state index contributed by atoms with van der Waals surface area (Å²) in [6, 6.07) is 9.49. The predicted molar refractivity (Wildman–Crippen MR) is 85.2 cm³/mol. The molecule has 0 amide bonds. The number of aromatic nitrogens is 1. The van der Waals surface area contributed by atoms with Gasteiger partial charge in [-0.3, -0.25) is 0 Å². The third kappa shape index (κ3) is 4.53. The van der Waals surface area contributed by atoms with Crippen molar-refractivity contribution in [3.63, 3.8) is 0 Å². The van der Waals surface area contributed by atoms with Gasteiger partial charge in [0.25, 0.3) is 0 Å². The summed E-state index contributed by atoms with van der Waals surface area (Å²) in [5.41, 5.74) is 2.50. The van der Waals surface area contributed by atoms with Crippen LogP contribution in [0.2, 0.25) is 0 Å². The fraction of sp³-hybridized carbons (Fsp3) is 0.353. The van der Waals surface area contributed by atoms with Crippen LogP contribution in [0.5, 0.6) is 0 Å². The molecule has 4 heteroatoms. The number of hydrogen-bond acceptors (Lipinski definition) is 3. The summed E-state index contributed by atoms with van der Waals surface area (Å²) in [6.45, 7) is 8.63. The fourth-order valence-electron chi connectivity index (χ4n) is 1.93. The van der Waals surface area contributed by atoms with Crippen LogP contribution in [0.25, 0.3) is 0 Å². The van der Waals surface area contributed by atoms with E-state index in [-0.39, 0.29) is 17.2 Å². The fourth-order valence-corrected chi connectivity index (χ4v) is 1.93. The highest BCUT2D eigenvalue weighted by molar-refractivity contribution is 5.58. The normalized spacial score (nSPS) is 11.5. The molecule has 112 valence electrons. The van der Waals surface area contributed by atoms with Crippen molar-refractivity contribution in [3.8, 4) is 0 Å². The molecule has 0 unspecified atom stereocenters. The van der Waals surface area contributed by atoms with Crippen molar-refractivity contribution < 1.29 is 4.39 Å². The van der Waals surface area contributed by atoms with Gasteiger partial charge in [0, 0.05) is 29.5 Å². The third-order valence-electron chi connectivity index (χ3n) is 3.06. The van der Waals surface area contributed by atoms with Crippen LogP contribution in [0, 0.1) is 12.7 Å². The number of pyridine rings is 1. The second-order valence-corrected chi connectivity index (χ2v) is 6.23. The number of halogens is 1. The topological polar surface area (TPSA) is 37.0 Å². The van der Waals surface area contributed by atoms with Crippen LogP contribution >= 0.6 is 0 Å². The summed E-state index contributed by atoms with van der Waals surface area (Å²) in [5, 5.41) is 6.32. The Morgan fingerprint density at radius 1 is 1.19 bits per heavy atom. The maximum atomic E-state index is 14.5. The largest absolute Gasteiger partial charge is 0.338 e. The van der Waals surface area contributed by atoms with E-state index in [0.717, 1.165) is 11.3 Å². The van der Waals surface area contributed by atoms with Gasteiger partial charge in [0.2, 0.25) is 0 Å². The number of rotatable bonds is 4. The third-order valence-corrected chi connectivity index (χ3v) is 3.06. The summed E-state index contributed by atoms with van der Waals surface area (Å²) in [6.07, 6.45) is 1.63. The smallest absolute Gasteiger partial charge is 0.170 e. The molecular weight excluding hydrogens is 265 g/mol. The monoisotopic (exact) mass is 287 g/mol. The van der Waals surface area contributed by atoms with Gasteiger partial charge in [-0.1, -0.05) is 12.1 Å². The molecule has 0 saturated carbocycles. The van der Waals surface area contributed by atoms with Crippen molar-refractivity contribution in [2.75, 3.05) is 5.32 Å². The predicted octanol–water partition coefficient (Wildman–Crippen LogP) is 4.16. The summed E-state index contributed by atoms with van der Waals surface area (Å²) in [5.74, 6) is -0.0513. The van der Waals surface area contributed by atoms with Crippen molar-refractivity contribution in [2.24, 2.45) is 0 Å². The first-order valence-electron chi connectivity index (χ1n) is 7.07. The highest BCUT2D eigenvalue weighted by Crippen LogP contribution is 2.21. The molecule has 0 atom stereocenters. The lowest BCUT2D eigenvalue weighted by Gasteiger charge is -2.21. The summed E-state index contributed by atoms with van der Waals surface area (Å²) < 4.78 is 14.5. The minimum absolute atomic E-state index is 0.0557. The van der Waals surface area contributed by atoms with Gasteiger partial charge >= 0.3 is 0 Å². The number of aryl methyl sites for hydroxylation is 1. The lowest BCUT2D eigenvalue weighted by Crippen LogP contribution is -2.35. The Bertz CT molecular complexity index is 618. The maximum Gasteiger partial charge on any atom is 0.170 e. The first kappa shape index (κ1) is 15.4. The highest BCUT2D eigenvalue weighted by atomic mass is 19.1. The van der Waals surface area contributed by atoms with Gasteiger partial charge in [0.15, 0.2) is 11.6 Å². The van der Waals surface area contributed by atoms with Gasteiger partial charge in [0.1, 0.15) is 0 Å². The molecule has 2 aromatic rings. The van der Waals surface area contributed by atoms with Crippen LogP contribution in [0.3, 0.4) is 0 Å². The molecule has 1 heterocycles. The second-order valence-electron chi connectivity index (χ2n) is 6.23. The quantitative estimate of drug-likeness (QED) is 0.886. The minimum Gasteiger partial charge on any atom is -0.338 e. The molecule has 2 N–H and O–H groups in total. The molecule has 3 nitrogen and oxygen atoms in total. The van der Waals surface area contributed by atoms with E-state index >= 15 is 0 Å². The number of anilines is 2. The van der Waals surface area contributed by atoms with Crippen LogP contribution < -0.4 is 10.6 Å². The van der Waals surface area contributed by atoms with Gasteiger partial charge < -0.3 is 10.6 Å².